The van der Waals surface area contributed by atoms with Gasteiger partial charge in [0.05, 0.1) is 17.2 Å². The van der Waals surface area contributed by atoms with Gasteiger partial charge in [-0.15, -0.1) is 0 Å². The average Bonchev–Trinajstić information content (AvgIpc) is 2.62. The van der Waals surface area contributed by atoms with E-state index in [9.17, 15) is 9.59 Å². The number of hydrogen-bond donors (Lipinski definition) is 0. The molecule has 0 aliphatic heterocycles. The van der Waals surface area contributed by atoms with Crippen LogP contribution in [0.3, 0.4) is 0 Å². The van der Waals surface area contributed by atoms with Crippen LogP contribution in [0.15, 0.2) is 59.7 Å². The Morgan fingerprint density at radius 3 is 2.64 bits per heavy atom. The number of amides is 1. The van der Waals surface area contributed by atoms with E-state index in [1.807, 2.05) is 49.4 Å². The number of fused-ring (bicyclic) bond motifs is 1. The minimum absolute atomic E-state index is 0.0000854. The summed E-state index contributed by atoms with van der Waals surface area (Å²) < 4.78 is 1.51. The van der Waals surface area contributed by atoms with E-state index in [2.05, 4.69) is 4.98 Å². The number of aryl methyl sites for hydroxylation is 2. The zero-order valence-electron chi connectivity index (χ0n) is 14.5. The van der Waals surface area contributed by atoms with Gasteiger partial charge in [0.15, 0.2) is 0 Å². The number of carbonyl (C=O) groups is 1. The zero-order valence-corrected chi connectivity index (χ0v) is 14.5. The lowest BCUT2D eigenvalue weighted by molar-refractivity contribution is -0.130. The second-order valence-corrected chi connectivity index (χ2v) is 6.20. The number of benzene rings is 2. The van der Waals surface area contributed by atoms with Gasteiger partial charge in [-0.05, 0) is 24.1 Å². The highest BCUT2D eigenvalue weighted by atomic mass is 16.2. The van der Waals surface area contributed by atoms with Crippen LogP contribution >= 0.6 is 0 Å². The van der Waals surface area contributed by atoms with Gasteiger partial charge >= 0.3 is 0 Å². The second-order valence-electron chi connectivity index (χ2n) is 6.20. The lowest BCUT2D eigenvalue weighted by atomic mass is 10.1. The number of nitrogens with zero attached hydrogens (tertiary/aromatic N) is 3. The van der Waals surface area contributed by atoms with Crippen LogP contribution in [0.4, 0.5) is 0 Å². The molecule has 1 amide bonds. The van der Waals surface area contributed by atoms with Crippen molar-refractivity contribution in [3.63, 3.8) is 0 Å². The van der Waals surface area contributed by atoms with E-state index in [0.717, 1.165) is 16.6 Å². The molecule has 0 saturated heterocycles. The van der Waals surface area contributed by atoms with Gasteiger partial charge in [-0.2, -0.15) is 0 Å². The second kappa shape index (κ2) is 7.30. The first-order valence-electron chi connectivity index (χ1n) is 8.29. The molecule has 3 rings (SSSR count). The molecule has 0 fully saturated rings. The molecule has 0 N–H and O–H groups in total. The summed E-state index contributed by atoms with van der Waals surface area (Å²) in [7, 11) is 1.78. The largest absolute Gasteiger partial charge is 0.341 e. The molecule has 5 nitrogen and oxygen atoms in total. The van der Waals surface area contributed by atoms with Crippen molar-refractivity contribution in [2.24, 2.45) is 0 Å². The van der Waals surface area contributed by atoms with Gasteiger partial charge in [-0.1, -0.05) is 42.5 Å². The third-order valence-corrected chi connectivity index (χ3v) is 4.31. The first kappa shape index (κ1) is 16.9. The van der Waals surface area contributed by atoms with Crippen LogP contribution in [0.1, 0.15) is 17.5 Å². The van der Waals surface area contributed by atoms with Crippen molar-refractivity contribution in [2.45, 2.75) is 26.4 Å². The van der Waals surface area contributed by atoms with Gasteiger partial charge in [-0.3, -0.25) is 14.2 Å². The highest BCUT2D eigenvalue weighted by Gasteiger charge is 2.11. The van der Waals surface area contributed by atoms with Crippen molar-refractivity contribution in [3.8, 4) is 0 Å². The van der Waals surface area contributed by atoms with E-state index >= 15 is 0 Å². The van der Waals surface area contributed by atoms with Gasteiger partial charge in [0, 0.05) is 26.6 Å². The maximum absolute atomic E-state index is 12.6. The lowest BCUT2D eigenvalue weighted by Gasteiger charge is -2.17. The summed E-state index contributed by atoms with van der Waals surface area (Å²) in [6.45, 7) is 2.82. The molecular weight excluding hydrogens is 314 g/mol. The molecule has 0 unspecified atom stereocenters. The molecule has 2 aromatic carbocycles. The first-order valence-corrected chi connectivity index (χ1v) is 8.29. The monoisotopic (exact) mass is 335 g/mol. The Kier molecular flexibility index (Phi) is 4.93. The fourth-order valence-corrected chi connectivity index (χ4v) is 2.85. The number of hydrogen-bond acceptors (Lipinski definition) is 3. The SMILES string of the molecule is Cc1cccc2c(=O)n(CCC(=O)N(C)Cc3ccccc3)cnc12. The normalized spacial score (nSPS) is 10.8. The van der Waals surface area contributed by atoms with Crippen LogP contribution in [-0.2, 0) is 17.9 Å². The molecule has 0 atom stereocenters. The van der Waals surface area contributed by atoms with Gasteiger partial charge in [0.1, 0.15) is 0 Å². The highest BCUT2D eigenvalue weighted by Crippen LogP contribution is 2.11. The molecule has 3 aromatic rings. The van der Waals surface area contributed by atoms with Crippen molar-refractivity contribution < 1.29 is 4.79 Å². The van der Waals surface area contributed by atoms with Gasteiger partial charge in [-0.25, -0.2) is 4.98 Å². The fourth-order valence-electron chi connectivity index (χ4n) is 2.85. The van der Waals surface area contributed by atoms with Crippen LogP contribution in [0, 0.1) is 6.92 Å². The molecule has 0 aliphatic carbocycles. The van der Waals surface area contributed by atoms with E-state index in [0.29, 0.717) is 18.5 Å². The maximum atomic E-state index is 12.6. The summed E-state index contributed by atoms with van der Waals surface area (Å²) in [5, 5.41) is 0.590. The van der Waals surface area contributed by atoms with Crippen LogP contribution in [-0.4, -0.2) is 27.4 Å². The minimum Gasteiger partial charge on any atom is -0.341 e. The zero-order chi connectivity index (χ0) is 17.8. The van der Waals surface area contributed by atoms with Gasteiger partial charge in [0.25, 0.3) is 5.56 Å². The highest BCUT2D eigenvalue weighted by molar-refractivity contribution is 5.80. The van der Waals surface area contributed by atoms with E-state index in [1.165, 1.54) is 10.9 Å². The van der Waals surface area contributed by atoms with Crippen molar-refractivity contribution in [1.82, 2.24) is 14.5 Å². The van der Waals surface area contributed by atoms with Crippen molar-refractivity contribution in [3.05, 3.63) is 76.3 Å². The Morgan fingerprint density at radius 2 is 1.88 bits per heavy atom. The molecule has 0 saturated carbocycles. The molecule has 1 heterocycles. The van der Waals surface area contributed by atoms with Gasteiger partial charge in [0.2, 0.25) is 5.91 Å². The Labute approximate surface area is 146 Å². The smallest absolute Gasteiger partial charge is 0.261 e. The predicted molar refractivity (Wildman–Crippen MR) is 98.3 cm³/mol. The Hall–Kier alpha value is -2.95. The molecular formula is C20H21N3O2. The summed E-state index contributed by atoms with van der Waals surface area (Å²) in [5.74, 6) is 0.0000854. The predicted octanol–water partition coefficient (Wildman–Crippen LogP) is 2.75. The summed E-state index contributed by atoms with van der Waals surface area (Å²) in [6, 6.07) is 15.4. The Balaban J connectivity index is 1.69. The van der Waals surface area contributed by atoms with Crippen LogP contribution < -0.4 is 5.56 Å². The molecule has 0 radical (unpaired) electrons. The number of para-hydroxylation sites is 1. The molecule has 0 spiro atoms. The maximum Gasteiger partial charge on any atom is 0.261 e. The average molecular weight is 335 g/mol. The number of rotatable bonds is 5. The third-order valence-electron chi connectivity index (χ3n) is 4.31. The summed E-state index contributed by atoms with van der Waals surface area (Å²) >= 11 is 0. The van der Waals surface area contributed by atoms with E-state index < -0.39 is 0 Å². The summed E-state index contributed by atoms with van der Waals surface area (Å²) in [6.07, 6.45) is 1.80. The Morgan fingerprint density at radius 1 is 1.12 bits per heavy atom. The molecule has 0 bridgehead atoms. The molecule has 1 aromatic heterocycles. The van der Waals surface area contributed by atoms with Crippen LogP contribution in [0.2, 0.25) is 0 Å². The van der Waals surface area contributed by atoms with Crippen molar-refractivity contribution in [1.29, 1.82) is 0 Å². The van der Waals surface area contributed by atoms with Crippen LogP contribution in [0.5, 0.6) is 0 Å². The first-order chi connectivity index (χ1) is 12.1. The number of carbonyl (C=O) groups excluding carboxylic acids is 1. The quantitative estimate of drug-likeness (QED) is 0.720. The van der Waals surface area contributed by atoms with E-state index in [4.69, 9.17) is 0 Å². The summed E-state index contributed by atoms with van der Waals surface area (Å²) in [5.41, 5.74) is 2.67. The molecule has 0 aliphatic rings. The molecule has 5 heteroatoms. The Bertz CT molecular complexity index is 948. The minimum atomic E-state index is -0.104. The fraction of sp³-hybridized carbons (Fsp3) is 0.250. The van der Waals surface area contributed by atoms with Crippen molar-refractivity contribution >= 4 is 16.8 Å². The van der Waals surface area contributed by atoms with Crippen LogP contribution in [0.25, 0.3) is 10.9 Å². The lowest BCUT2D eigenvalue weighted by Crippen LogP contribution is -2.29. The summed E-state index contributed by atoms with van der Waals surface area (Å²) in [4.78, 5) is 30.9. The molecule has 128 valence electrons. The third kappa shape index (κ3) is 3.76. The topological polar surface area (TPSA) is 55.2 Å². The van der Waals surface area contributed by atoms with Crippen molar-refractivity contribution in [2.75, 3.05) is 7.05 Å². The number of aromatic nitrogens is 2. The van der Waals surface area contributed by atoms with E-state index in [1.54, 1.807) is 18.0 Å². The van der Waals surface area contributed by atoms with Gasteiger partial charge < -0.3 is 4.90 Å². The standard InChI is InChI=1S/C20H21N3O2/c1-15-7-6-10-17-19(15)21-14-23(20(17)25)12-11-18(24)22(2)13-16-8-4-3-5-9-16/h3-10,14H,11-13H2,1-2H3. The van der Waals surface area contributed by atoms with E-state index in [-0.39, 0.29) is 17.9 Å². The molecule has 25 heavy (non-hydrogen) atoms.